The molecular weight excluding hydrogens is 342 g/mol. The Kier molecular flexibility index (Phi) is 4.53. The fourth-order valence-corrected chi connectivity index (χ4v) is 2.74. The SMILES string of the molecule is CCOc1ccc(/C=N/n2c(-c3ccco3)nc3ccccc3c2=O)cc1. The van der Waals surface area contributed by atoms with Crippen molar-refractivity contribution in [2.45, 2.75) is 6.92 Å². The molecule has 0 aliphatic heterocycles. The fraction of sp³-hybridized carbons (Fsp3) is 0.0952. The van der Waals surface area contributed by atoms with Gasteiger partial charge in [0.1, 0.15) is 5.75 Å². The van der Waals surface area contributed by atoms with Gasteiger partial charge >= 0.3 is 0 Å². The lowest BCUT2D eigenvalue weighted by Gasteiger charge is -2.07. The van der Waals surface area contributed by atoms with Crippen molar-refractivity contribution in [3.05, 3.63) is 82.8 Å². The first kappa shape index (κ1) is 16.8. The van der Waals surface area contributed by atoms with Crippen LogP contribution in [0.4, 0.5) is 0 Å². The molecule has 134 valence electrons. The lowest BCUT2D eigenvalue weighted by atomic mass is 10.2. The van der Waals surface area contributed by atoms with Gasteiger partial charge in [-0.2, -0.15) is 9.78 Å². The number of benzene rings is 2. The molecule has 0 bridgehead atoms. The molecule has 0 atom stereocenters. The molecule has 0 amide bonds. The molecular formula is C21H17N3O3. The van der Waals surface area contributed by atoms with Crippen molar-refractivity contribution in [1.82, 2.24) is 9.66 Å². The van der Waals surface area contributed by atoms with Crippen molar-refractivity contribution >= 4 is 17.1 Å². The van der Waals surface area contributed by atoms with Crippen LogP contribution >= 0.6 is 0 Å². The van der Waals surface area contributed by atoms with Gasteiger partial charge < -0.3 is 9.15 Å². The minimum absolute atomic E-state index is 0.255. The molecule has 0 saturated heterocycles. The Morgan fingerprint density at radius 3 is 2.67 bits per heavy atom. The number of para-hydroxylation sites is 1. The minimum Gasteiger partial charge on any atom is -0.494 e. The van der Waals surface area contributed by atoms with Gasteiger partial charge in [0.15, 0.2) is 5.76 Å². The summed E-state index contributed by atoms with van der Waals surface area (Å²) in [5, 5.41) is 4.87. The van der Waals surface area contributed by atoms with Crippen LogP contribution in [-0.2, 0) is 0 Å². The van der Waals surface area contributed by atoms with Crippen LogP contribution in [0.5, 0.6) is 5.75 Å². The maximum Gasteiger partial charge on any atom is 0.282 e. The Labute approximate surface area is 155 Å². The molecule has 0 aliphatic carbocycles. The molecule has 4 rings (SSSR count). The first-order chi connectivity index (χ1) is 13.3. The predicted octanol–water partition coefficient (Wildman–Crippen LogP) is 3.94. The Morgan fingerprint density at radius 1 is 1.11 bits per heavy atom. The van der Waals surface area contributed by atoms with Gasteiger partial charge in [0.25, 0.3) is 5.56 Å². The zero-order valence-corrected chi connectivity index (χ0v) is 14.7. The molecule has 0 saturated carbocycles. The number of ether oxygens (including phenoxy) is 1. The topological polar surface area (TPSA) is 69.6 Å². The lowest BCUT2D eigenvalue weighted by Crippen LogP contribution is -2.20. The van der Waals surface area contributed by atoms with E-state index in [1.165, 1.54) is 10.9 Å². The van der Waals surface area contributed by atoms with Crippen molar-refractivity contribution in [3.63, 3.8) is 0 Å². The molecule has 0 spiro atoms. The number of fused-ring (bicyclic) bond motifs is 1. The largest absolute Gasteiger partial charge is 0.494 e. The van der Waals surface area contributed by atoms with Crippen LogP contribution in [0.2, 0.25) is 0 Å². The summed E-state index contributed by atoms with van der Waals surface area (Å²) in [5.41, 5.74) is 1.18. The zero-order chi connectivity index (χ0) is 18.6. The number of rotatable bonds is 5. The van der Waals surface area contributed by atoms with Gasteiger partial charge in [0, 0.05) is 0 Å². The van der Waals surface area contributed by atoms with E-state index >= 15 is 0 Å². The molecule has 0 radical (unpaired) electrons. The summed E-state index contributed by atoms with van der Waals surface area (Å²) in [4.78, 5) is 17.5. The fourth-order valence-electron chi connectivity index (χ4n) is 2.74. The highest BCUT2D eigenvalue weighted by molar-refractivity contribution is 5.81. The van der Waals surface area contributed by atoms with Crippen molar-refractivity contribution in [3.8, 4) is 17.3 Å². The quantitative estimate of drug-likeness (QED) is 0.506. The normalized spacial score (nSPS) is 11.3. The van der Waals surface area contributed by atoms with Crippen LogP contribution in [0, 0.1) is 0 Å². The Bertz CT molecular complexity index is 1140. The second-order valence-corrected chi connectivity index (χ2v) is 5.79. The molecule has 6 heteroatoms. The summed E-state index contributed by atoms with van der Waals surface area (Å²) in [7, 11) is 0. The number of aromatic nitrogens is 2. The van der Waals surface area contributed by atoms with Crippen LogP contribution in [-0.4, -0.2) is 22.5 Å². The first-order valence-corrected chi connectivity index (χ1v) is 8.59. The highest BCUT2D eigenvalue weighted by atomic mass is 16.5. The second-order valence-electron chi connectivity index (χ2n) is 5.79. The minimum atomic E-state index is -0.255. The summed E-state index contributed by atoms with van der Waals surface area (Å²) in [6.07, 6.45) is 3.15. The molecule has 2 aromatic heterocycles. The van der Waals surface area contributed by atoms with Crippen LogP contribution in [0.3, 0.4) is 0 Å². The molecule has 2 aromatic carbocycles. The van der Waals surface area contributed by atoms with Crippen LogP contribution < -0.4 is 10.3 Å². The third-order valence-corrected chi connectivity index (χ3v) is 4.01. The van der Waals surface area contributed by atoms with Gasteiger partial charge in [-0.05, 0) is 61.0 Å². The smallest absolute Gasteiger partial charge is 0.282 e. The van der Waals surface area contributed by atoms with Gasteiger partial charge in [-0.15, -0.1) is 0 Å². The van der Waals surface area contributed by atoms with Gasteiger partial charge in [-0.25, -0.2) is 4.98 Å². The van der Waals surface area contributed by atoms with Crippen LogP contribution in [0.1, 0.15) is 12.5 Å². The molecule has 6 nitrogen and oxygen atoms in total. The summed E-state index contributed by atoms with van der Waals surface area (Å²) >= 11 is 0. The van der Waals surface area contributed by atoms with E-state index < -0.39 is 0 Å². The average Bonchev–Trinajstić information content (AvgIpc) is 3.23. The van der Waals surface area contributed by atoms with Gasteiger partial charge in [0.05, 0.1) is 30.0 Å². The maximum absolute atomic E-state index is 13.0. The van der Waals surface area contributed by atoms with Crippen LogP contribution in [0.15, 0.2) is 81.2 Å². The van der Waals surface area contributed by atoms with Crippen molar-refractivity contribution < 1.29 is 9.15 Å². The Morgan fingerprint density at radius 2 is 1.93 bits per heavy atom. The van der Waals surface area contributed by atoms with E-state index in [0.717, 1.165) is 11.3 Å². The summed E-state index contributed by atoms with van der Waals surface area (Å²) in [6.45, 7) is 2.54. The number of furan rings is 1. The maximum atomic E-state index is 13.0. The molecule has 0 aliphatic rings. The van der Waals surface area contributed by atoms with E-state index in [1.807, 2.05) is 37.3 Å². The molecule has 2 heterocycles. The lowest BCUT2D eigenvalue weighted by molar-refractivity contribution is 0.340. The van der Waals surface area contributed by atoms with Crippen molar-refractivity contribution in [1.29, 1.82) is 0 Å². The van der Waals surface area contributed by atoms with E-state index in [-0.39, 0.29) is 5.56 Å². The summed E-state index contributed by atoms with van der Waals surface area (Å²) in [5.74, 6) is 1.61. The van der Waals surface area contributed by atoms with Gasteiger partial charge in [0.2, 0.25) is 5.82 Å². The highest BCUT2D eigenvalue weighted by Gasteiger charge is 2.14. The van der Waals surface area contributed by atoms with Crippen molar-refractivity contribution in [2.75, 3.05) is 6.61 Å². The average molecular weight is 359 g/mol. The monoisotopic (exact) mass is 359 g/mol. The number of nitrogens with zero attached hydrogens (tertiary/aromatic N) is 3. The van der Waals surface area contributed by atoms with Gasteiger partial charge in [-0.1, -0.05) is 12.1 Å². The predicted molar refractivity (Wildman–Crippen MR) is 104 cm³/mol. The Hall–Kier alpha value is -3.67. The summed E-state index contributed by atoms with van der Waals surface area (Å²) in [6, 6.07) is 18.1. The second kappa shape index (κ2) is 7.29. The molecule has 0 unspecified atom stereocenters. The molecule has 0 N–H and O–H groups in total. The molecule has 4 aromatic rings. The number of hydrogen-bond donors (Lipinski definition) is 0. The van der Waals surface area contributed by atoms with E-state index in [2.05, 4.69) is 10.1 Å². The van der Waals surface area contributed by atoms with E-state index in [1.54, 1.807) is 36.5 Å². The van der Waals surface area contributed by atoms with E-state index in [4.69, 9.17) is 9.15 Å². The zero-order valence-electron chi connectivity index (χ0n) is 14.7. The van der Waals surface area contributed by atoms with Crippen molar-refractivity contribution in [2.24, 2.45) is 5.10 Å². The Balaban J connectivity index is 1.81. The highest BCUT2D eigenvalue weighted by Crippen LogP contribution is 2.19. The van der Waals surface area contributed by atoms with E-state index in [0.29, 0.717) is 29.1 Å². The third-order valence-electron chi connectivity index (χ3n) is 4.01. The van der Waals surface area contributed by atoms with E-state index in [9.17, 15) is 4.79 Å². The molecule has 0 fully saturated rings. The van der Waals surface area contributed by atoms with Crippen LogP contribution in [0.25, 0.3) is 22.5 Å². The summed E-state index contributed by atoms with van der Waals surface area (Å²) < 4.78 is 12.1. The van der Waals surface area contributed by atoms with Gasteiger partial charge in [-0.3, -0.25) is 4.79 Å². The molecule has 27 heavy (non-hydrogen) atoms. The third kappa shape index (κ3) is 3.37. The number of hydrogen-bond acceptors (Lipinski definition) is 5. The standard InChI is InChI=1S/C21H17N3O3/c1-2-26-16-11-9-15(10-12-16)14-22-24-20(19-8-5-13-27-19)23-18-7-4-3-6-17(18)21(24)25/h3-14H,2H2,1H3/b22-14+. The first-order valence-electron chi connectivity index (χ1n) is 8.59.